The molecule has 5 nitrogen and oxygen atoms in total. The molecule has 134 valence electrons. The van der Waals surface area contributed by atoms with Crippen molar-refractivity contribution in [1.29, 1.82) is 0 Å². The molecule has 0 aliphatic rings. The Labute approximate surface area is 160 Å². The standard InChI is InChI=1S/C19H16ClNO4S/c1-11(18(22)23)26-19-21-16(12-3-7-14(20)8-4-12)17(25-19)13-5-9-15(24-2)10-6-13/h3-11H,1-2H3,(H,22,23). The van der Waals surface area contributed by atoms with Crippen LogP contribution in [-0.4, -0.2) is 28.4 Å². The molecule has 0 saturated carbocycles. The average molecular weight is 390 g/mol. The average Bonchev–Trinajstić information content (AvgIpc) is 3.06. The van der Waals surface area contributed by atoms with Crippen LogP contribution in [0, 0.1) is 0 Å². The van der Waals surface area contributed by atoms with E-state index in [-0.39, 0.29) is 0 Å². The summed E-state index contributed by atoms with van der Waals surface area (Å²) >= 11 is 7.03. The Hall–Kier alpha value is -2.44. The number of nitrogens with zero attached hydrogens (tertiary/aromatic N) is 1. The van der Waals surface area contributed by atoms with E-state index in [0.717, 1.165) is 28.6 Å². The summed E-state index contributed by atoms with van der Waals surface area (Å²) in [5.74, 6) is 0.373. The van der Waals surface area contributed by atoms with Gasteiger partial charge in [-0.25, -0.2) is 4.98 Å². The van der Waals surface area contributed by atoms with E-state index in [1.807, 2.05) is 36.4 Å². The zero-order chi connectivity index (χ0) is 18.7. The Morgan fingerprint density at radius 1 is 1.15 bits per heavy atom. The van der Waals surface area contributed by atoms with Crippen LogP contribution < -0.4 is 4.74 Å². The van der Waals surface area contributed by atoms with Crippen LogP contribution in [0.25, 0.3) is 22.6 Å². The number of aromatic nitrogens is 1. The van der Waals surface area contributed by atoms with Gasteiger partial charge in [0.2, 0.25) is 0 Å². The van der Waals surface area contributed by atoms with Crippen LogP contribution in [0.2, 0.25) is 5.02 Å². The minimum Gasteiger partial charge on any atom is -0.497 e. The maximum Gasteiger partial charge on any atom is 0.316 e. The summed E-state index contributed by atoms with van der Waals surface area (Å²) in [6.07, 6.45) is 0. The second-order valence-corrected chi connectivity index (χ2v) is 7.22. The van der Waals surface area contributed by atoms with Crippen molar-refractivity contribution in [2.75, 3.05) is 7.11 Å². The zero-order valence-corrected chi connectivity index (χ0v) is 15.7. The number of aliphatic carboxylic acids is 1. The largest absolute Gasteiger partial charge is 0.497 e. The van der Waals surface area contributed by atoms with Gasteiger partial charge in [0.15, 0.2) is 5.76 Å². The van der Waals surface area contributed by atoms with Gasteiger partial charge in [-0.3, -0.25) is 4.79 Å². The molecule has 0 radical (unpaired) electrons. The van der Waals surface area contributed by atoms with E-state index >= 15 is 0 Å². The summed E-state index contributed by atoms with van der Waals surface area (Å²) in [6, 6.07) is 14.6. The number of oxazole rings is 1. The minimum absolute atomic E-state index is 0.302. The fraction of sp³-hybridized carbons (Fsp3) is 0.158. The molecule has 0 fully saturated rings. The Morgan fingerprint density at radius 3 is 2.35 bits per heavy atom. The predicted octanol–water partition coefficient (Wildman–Crippen LogP) is 5.24. The lowest BCUT2D eigenvalue weighted by Crippen LogP contribution is -2.10. The van der Waals surface area contributed by atoms with Crippen molar-refractivity contribution in [3.05, 3.63) is 53.6 Å². The zero-order valence-electron chi connectivity index (χ0n) is 14.1. The lowest BCUT2D eigenvalue weighted by Gasteiger charge is -2.03. The fourth-order valence-electron chi connectivity index (χ4n) is 2.29. The van der Waals surface area contributed by atoms with Crippen molar-refractivity contribution in [2.24, 2.45) is 0 Å². The maximum absolute atomic E-state index is 11.1. The maximum atomic E-state index is 11.1. The quantitative estimate of drug-likeness (QED) is 0.581. The minimum atomic E-state index is -0.924. The predicted molar refractivity (Wildman–Crippen MR) is 102 cm³/mol. The summed E-state index contributed by atoms with van der Waals surface area (Å²) in [5.41, 5.74) is 2.28. The van der Waals surface area contributed by atoms with Crippen molar-refractivity contribution in [1.82, 2.24) is 4.98 Å². The third kappa shape index (κ3) is 4.03. The molecule has 1 unspecified atom stereocenters. The highest BCUT2D eigenvalue weighted by molar-refractivity contribution is 8.00. The van der Waals surface area contributed by atoms with Crippen LogP contribution in [-0.2, 0) is 4.79 Å². The molecule has 0 saturated heterocycles. The summed E-state index contributed by atoms with van der Waals surface area (Å²) in [5, 5.41) is 9.38. The number of benzene rings is 2. The van der Waals surface area contributed by atoms with E-state index in [4.69, 9.17) is 25.9 Å². The summed E-state index contributed by atoms with van der Waals surface area (Å²) < 4.78 is 11.1. The number of halogens is 1. The molecule has 1 atom stereocenters. The van der Waals surface area contributed by atoms with Crippen LogP contribution in [0.3, 0.4) is 0 Å². The molecule has 26 heavy (non-hydrogen) atoms. The van der Waals surface area contributed by atoms with Gasteiger partial charge in [0, 0.05) is 16.1 Å². The number of thioether (sulfide) groups is 1. The molecule has 7 heteroatoms. The summed E-state index contributed by atoms with van der Waals surface area (Å²) in [6.45, 7) is 1.59. The van der Waals surface area contributed by atoms with Crippen molar-refractivity contribution in [3.63, 3.8) is 0 Å². The van der Waals surface area contributed by atoms with Crippen LogP contribution in [0.1, 0.15) is 6.92 Å². The fourth-order valence-corrected chi connectivity index (χ4v) is 3.10. The van der Waals surface area contributed by atoms with E-state index in [2.05, 4.69) is 4.98 Å². The highest BCUT2D eigenvalue weighted by Gasteiger charge is 2.21. The molecule has 0 bridgehead atoms. The Kier molecular flexibility index (Phi) is 5.54. The van der Waals surface area contributed by atoms with Gasteiger partial charge in [0.05, 0.1) is 7.11 Å². The van der Waals surface area contributed by atoms with Gasteiger partial charge in [0.1, 0.15) is 16.7 Å². The highest BCUT2D eigenvalue weighted by Crippen LogP contribution is 2.37. The second-order valence-electron chi connectivity index (χ2n) is 5.49. The molecular weight excluding hydrogens is 374 g/mol. The second kappa shape index (κ2) is 7.85. The van der Waals surface area contributed by atoms with Crippen LogP contribution >= 0.6 is 23.4 Å². The van der Waals surface area contributed by atoms with Crippen molar-refractivity contribution < 1.29 is 19.1 Å². The third-order valence-corrected chi connectivity index (χ3v) is 4.89. The van der Waals surface area contributed by atoms with E-state index in [1.165, 1.54) is 0 Å². The summed E-state index contributed by atoms with van der Waals surface area (Å²) in [4.78, 5) is 15.6. The lowest BCUT2D eigenvalue weighted by molar-refractivity contribution is -0.136. The molecule has 0 amide bonds. The molecule has 0 aliphatic carbocycles. The topological polar surface area (TPSA) is 72.6 Å². The Bertz CT molecular complexity index is 906. The highest BCUT2D eigenvalue weighted by atomic mass is 35.5. The number of hydrogen-bond acceptors (Lipinski definition) is 5. The molecule has 1 N–H and O–H groups in total. The monoisotopic (exact) mass is 389 g/mol. The normalized spacial score (nSPS) is 12.0. The van der Waals surface area contributed by atoms with E-state index in [0.29, 0.717) is 21.7 Å². The van der Waals surface area contributed by atoms with Crippen molar-refractivity contribution in [3.8, 4) is 28.3 Å². The smallest absolute Gasteiger partial charge is 0.316 e. The molecule has 2 aromatic carbocycles. The SMILES string of the molecule is COc1ccc(-c2oc(SC(C)C(=O)O)nc2-c2ccc(Cl)cc2)cc1. The van der Waals surface area contributed by atoms with Crippen LogP contribution in [0.5, 0.6) is 5.75 Å². The third-order valence-electron chi connectivity index (χ3n) is 3.70. The lowest BCUT2D eigenvalue weighted by atomic mass is 10.1. The van der Waals surface area contributed by atoms with E-state index in [1.54, 1.807) is 26.2 Å². The Balaban J connectivity index is 2.05. The number of ether oxygens (including phenoxy) is 1. The van der Waals surface area contributed by atoms with Gasteiger partial charge < -0.3 is 14.3 Å². The number of carboxylic acids is 1. The van der Waals surface area contributed by atoms with Gasteiger partial charge in [-0.2, -0.15) is 0 Å². The van der Waals surface area contributed by atoms with Crippen LogP contribution in [0.15, 0.2) is 58.2 Å². The molecule has 0 aliphatic heterocycles. The number of hydrogen-bond donors (Lipinski definition) is 1. The Morgan fingerprint density at radius 2 is 1.77 bits per heavy atom. The van der Waals surface area contributed by atoms with Crippen LogP contribution in [0.4, 0.5) is 0 Å². The van der Waals surface area contributed by atoms with Crippen molar-refractivity contribution >= 4 is 29.3 Å². The molecule has 1 heterocycles. The van der Waals surface area contributed by atoms with E-state index in [9.17, 15) is 4.79 Å². The first-order valence-corrected chi connectivity index (χ1v) is 9.04. The molecule has 3 rings (SSSR count). The van der Waals surface area contributed by atoms with Gasteiger partial charge in [0.25, 0.3) is 5.22 Å². The van der Waals surface area contributed by atoms with Gasteiger partial charge in [-0.05, 0) is 43.3 Å². The molecular formula is C19H16ClNO4S. The first-order chi connectivity index (χ1) is 12.5. The van der Waals surface area contributed by atoms with Gasteiger partial charge in [-0.15, -0.1) is 0 Å². The summed E-state index contributed by atoms with van der Waals surface area (Å²) in [7, 11) is 1.60. The first-order valence-electron chi connectivity index (χ1n) is 7.78. The molecule has 1 aromatic heterocycles. The van der Waals surface area contributed by atoms with Crippen molar-refractivity contribution in [2.45, 2.75) is 17.4 Å². The van der Waals surface area contributed by atoms with E-state index < -0.39 is 11.2 Å². The molecule has 0 spiro atoms. The van der Waals surface area contributed by atoms with Gasteiger partial charge >= 0.3 is 5.97 Å². The number of carboxylic acid groups (broad SMARTS) is 1. The number of carbonyl (C=O) groups is 1. The molecule has 3 aromatic rings. The number of methoxy groups -OCH3 is 1. The number of rotatable bonds is 6. The van der Waals surface area contributed by atoms with Gasteiger partial charge in [-0.1, -0.05) is 35.5 Å². The first kappa shape index (κ1) is 18.4.